The zero-order chi connectivity index (χ0) is 15.1. The Hall–Kier alpha value is -1.84. The first-order valence-electron chi connectivity index (χ1n) is 7.60. The first kappa shape index (κ1) is 15.5. The van der Waals surface area contributed by atoms with Crippen LogP contribution in [-0.4, -0.2) is 18.4 Å². The Labute approximate surface area is 125 Å². The summed E-state index contributed by atoms with van der Waals surface area (Å²) in [6.07, 6.45) is 3.53. The minimum absolute atomic E-state index is 0.228. The average Bonchev–Trinajstić information content (AvgIpc) is 2.52. The molecule has 0 aromatic heterocycles. The first-order valence-corrected chi connectivity index (χ1v) is 7.60. The van der Waals surface area contributed by atoms with E-state index in [9.17, 15) is 9.59 Å². The van der Waals surface area contributed by atoms with Crippen LogP contribution in [0.1, 0.15) is 38.2 Å². The van der Waals surface area contributed by atoms with Crippen LogP contribution in [-0.2, 0) is 16.1 Å². The van der Waals surface area contributed by atoms with Crippen molar-refractivity contribution >= 4 is 11.9 Å². The van der Waals surface area contributed by atoms with Crippen LogP contribution in [0.4, 0.5) is 4.79 Å². The van der Waals surface area contributed by atoms with Gasteiger partial charge >= 0.3 is 6.09 Å². The second kappa shape index (κ2) is 7.81. The van der Waals surface area contributed by atoms with Gasteiger partial charge < -0.3 is 10.1 Å². The number of amides is 1. The number of benzene rings is 1. The van der Waals surface area contributed by atoms with E-state index in [-0.39, 0.29) is 12.0 Å². The van der Waals surface area contributed by atoms with Gasteiger partial charge in [-0.25, -0.2) is 4.79 Å². The number of Topliss-reactive ketones (excluding diaryl/α,β-unsaturated/α-hetero) is 1. The van der Waals surface area contributed by atoms with Crippen LogP contribution in [0, 0.1) is 11.8 Å². The Kier molecular flexibility index (Phi) is 5.78. The maximum Gasteiger partial charge on any atom is 0.407 e. The molecule has 0 atom stereocenters. The van der Waals surface area contributed by atoms with Crippen LogP contribution in [0.2, 0.25) is 0 Å². The molecule has 0 bridgehead atoms. The molecule has 0 spiro atoms. The van der Waals surface area contributed by atoms with Crippen molar-refractivity contribution in [2.45, 2.75) is 39.2 Å². The second-order valence-electron chi connectivity index (χ2n) is 5.77. The summed E-state index contributed by atoms with van der Waals surface area (Å²) in [7, 11) is 0. The highest BCUT2D eigenvalue weighted by atomic mass is 16.5. The minimum Gasteiger partial charge on any atom is -0.445 e. The highest BCUT2D eigenvalue weighted by Crippen LogP contribution is 2.28. The van der Waals surface area contributed by atoms with Crippen molar-refractivity contribution in [2.24, 2.45) is 11.8 Å². The standard InChI is InChI=1S/C17H23NO3/c1-13(19)16-9-7-14(8-10-16)11-18-17(20)21-12-15-5-3-2-4-6-15/h2-6,14,16H,7-12H2,1H3,(H,18,20). The van der Waals surface area contributed by atoms with E-state index in [0.29, 0.717) is 24.9 Å². The molecule has 4 heteroatoms. The van der Waals surface area contributed by atoms with E-state index in [4.69, 9.17) is 4.74 Å². The van der Waals surface area contributed by atoms with Crippen molar-refractivity contribution in [3.05, 3.63) is 35.9 Å². The zero-order valence-corrected chi connectivity index (χ0v) is 12.5. The number of ether oxygens (including phenoxy) is 1. The van der Waals surface area contributed by atoms with Gasteiger partial charge in [-0.1, -0.05) is 30.3 Å². The smallest absolute Gasteiger partial charge is 0.407 e. The number of rotatable bonds is 5. The van der Waals surface area contributed by atoms with Crippen LogP contribution in [0.15, 0.2) is 30.3 Å². The van der Waals surface area contributed by atoms with E-state index in [1.165, 1.54) is 0 Å². The monoisotopic (exact) mass is 289 g/mol. The molecule has 1 aliphatic carbocycles. The normalized spacial score (nSPS) is 21.6. The fourth-order valence-electron chi connectivity index (χ4n) is 2.77. The first-order chi connectivity index (χ1) is 10.1. The molecule has 21 heavy (non-hydrogen) atoms. The minimum atomic E-state index is -0.368. The van der Waals surface area contributed by atoms with E-state index >= 15 is 0 Å². The molecule has 2 rings (SSSR count). The Bertz CT molecular complexity index is 464. The van der Waals surface area contributed by atoms with Crippen molar-refractivity contribution in [2.75, 3.05) is 6.54 Å². The van der Waals surface area contributed by atoms with Gasteiger partial charge in [-0.15, -0.1) is 0 Å². The van der Waals surface area contributed by atoms with Crippen molar-refractivity contribution in [3.63, 3.8) is 0 Å². The van der Waals surface area contributed by atoms with Crippen LogP contribution < -0.4 is 5.32 Å². The fraction of sp³-hybridized carbons (Fsp3) is 0.529. The number of hydrogen-bond acceptors (Lipinski definition) is 3. The molecule has 1 aromatic rings. The SMILES string of the molecule is CC(=O)C1CCC(CNC(=O)OCc2ccccc2)CC1. The highest BCUT2D eigenvalue weighted by Gasteiger charge is 2.24. The lowest BCUT2D eigenvalue weighted by atomic mass is 9.80. The summed E-state index contributed by atoms with van der Waals surface area (Å²) in [5.74, 6) is 0.986. The van der Waals surface area contributed by atoms with E-state index in [1.807, 2.05) is 30.3 Å². The molecule has 1 aliphatic rings. The van der Waals surface area contributed by atoms with E-state index < -0.39 is 0 Å². The van der Waals surface area contributed by atoms with Gasteiger partial charge in [0, 0.05) is 12.5 Å². The molecule has 1 aromatic carbocycles. The topological polar surface area (TPSA) is 55.4 Å². The average molecular weight is 289 g/mol. The molecular weight excluding hydrogens is 266 g/mol. The molecular formula is C17H23NO3. The third-order valence-electron chi connectivity index (χ3n) is 4.17. The summed E-state index contributed by atoms with van der Waals surface area (Å²) in [4.78, 5) is 22.9. The van der Waals surface area contributed by atoms with Gasteiger partial charge in [0.1, 0.15) is 12.4 Å². The van der Waals surface area contributed by atoms with Gasteiger partial charge in [0.25, 0.3) is 0 Å². The third kappa shape index (κ3) is 5.21. The van der Waals surface area contributed by atoms with Gasteiger partial charge in [-0.3, -0.25) is 4.79 Å². The van der Waals surface area contributed by atoms with Gasteiger partial charge in [-0.2, -0.15) is 0 Å². The Morgan fingerprint density at radius 3 is 2.43 bits per heavy atom. The Balaban J connectivity index is 1.62. The Morgan fingerprint density at radius 1 is 1.14 bits per heavy atom. The maximum absolute atomic E-state index is 11.6. The molecule has 114 valence electrons. The lowest BCUT2D eigenvalue weighted by molar-refractivity contribution is -0.121. The van der Waals surface area contributed by atoms with Crippen LogP contribution >= 0.6 is 0 Å². The number of carbonyl (C=O) groups excluding carboxylic acids is 2. The summed E-state index contributed by atoms with van der Waals surface area (Å²) >= 11 is 0. The summed E-state index contributed by atoms with van der Waals surface area (Å²) < 4.78 is 5.17. The number of hydrogen-bond donors (Lipinski definition) is 1. The molecule has 0 radical (unpaired) electrons. The number of ketones is 1. The van der Waals surface area contributed by atoms with Crippen LogP contribution in [0.25, 0.3) is 0 Å². The summed E-state index contributed by atoms with van der Waals surface area (Å²) in [6, 6.07) is 9.63. The molecule has 1 amide bonds. The lowest BCUT2D eigenvalue weighted by Crippen LogP contribution is -2.32. The highest BCUT2D eigenvalue weighted by molar-refractivity contribution is 5.78. The second-order valence-corrected chi connectivity index (χ2v) is 5.77. The lowest BCUT2D eigenvalue weighted by Gasteiger charge is -2.26. The summed E-state index contributed by atoms with van der Waals surface area (Å²) in [6.45, 7) is 2.60. The van der Waals surface area contributed by atoms with Gasteiger partial charge in [0.05, 0.1) is 0 Å². The number of nitrogens with one attached hydrogen (secondary N) is 1. The maximum atomic E-state index is 11.6. The number of alkyl carbamates (subject to hydrolysis) is 1. The largest absolute Gasteiger partial charge is 0.445 e. The Morgan fingerprint density at radius 2 is 1.81 bits per heavy atom. The molecule has 0 saturated heterocycles. The summed E-state index contributed by atoms with van der Waals surface area (Å²) in [5.41, 5.74) is 0.981. The summed E-state index contributed by atoms with van der Waals surface area (Å²) in [5, 5.41) is 2.82. The zero-order valence-electron chi connectivity index (χ0n) is 12.5. The molecule has 4 nitrogen and oxygen atoms in total. The van der Waals surface area contributed by atoms with E-state index in [1.54, 1.807) is 6.92 Å². The van der Waals surface area contributed by atoms with E-state index in [0.717, 1.165) is 31.2 Å². The van der Waals surface area contributed by atoms with Crippen molar-refractivity contribution in [1.82, 2.24) is 5.32 Å². The molecule has 0 aliphatic heterocycles. The van der Waals surface area contributed by atoms with Gasteiger partial charge in [0.2, 0.25) is 0 Å². The molecule has 0 unspecified atom stereocenters. The van der Waals surface area contributed by atoms with E-state index in [2.05, 4.69) is 5.32 Å². The van der Waals surface area contributed by atoms with Crippen molar-refractivity contribution in [1.29, 1.82) is 0 Å². The van der Waals surface area contributed by atoms with Crippen molar-refractivity contribution < 1.29 is 14.3 Å². The van der Waals surface area contributed by atoms with Crippen LogP contribution in [0.5, 0.6) is 0 Å². The predicted molar refractivity (Wildman–Crippen MR) is 80.8 cm³/mol. The van der Waals surface area contributed by atoms with Gasteiger partial charge in [-0.05, 0) is 44.1 Å². The predicted octanol–water partition coefficient (Wildman–Crippen LogP) is 3.31. The number of carbonyl (C=O) groups is 2. The molecule has 0 heterocycles. The van der Waals surface area contributed by atoms with Crippen LogP contribution in [0.3, 0.4) is 0 Å². The third-order valence-corrected chi connectivity index (χ3v) is 4.17. The molecule has 1 saturated carbocycles. The molecule has 1 fully saturated rings. The quantitative estimate of drug-likeness (QED) is 0.904. The van der Waals surface area contributed by atoms with Gasteiger partial charge in [0.15, 0.2) is 0 Å². The molecule has 1 N–H and O–H groups in total. The van der Waals surface area contributed by atoms with Crippen molar-refractivity contribution in [3.8, 4) is 0 Å². The fourth-order valence-corrected chi connectivity index (χ4v) is 2.77.